The molecular weight excluding hydrogens is 328 g/mol. The van der Waals surface area contributed by atoms with Crippen LogP contribution in [-0.4, -0.2) is 18.2 Å². The van der Waals surface area contributed by atoms with Gasteiger partial charge in [-0.15, -0.1) is 0 Å². The third-order valence-corrected chi connectivity index (χ3v) is 3.64. The molecule has 0 aliphatic rings. The van der Waals surface area contributed by atoms with Crippen molar-refractivity contribution in [1.29, 1.82) is 0 Å². The molecule has 0 fully saturated rings. The number of aromatic nitrogens is 1. The molecule has 0 saturated carbocycles. The summed E-state index contributed by atoms with van der Waals surface area (Å²) in [6.45, 7) is 1.85. The number of carbonyl (C=O) groups is 1. The van der Waals surface area contributed by atoms with Crippen LogP contribution in [0, 0.1) is 6.92 Å². The maximum atomic E-state index is 12.2. The van der Waals surface area contributed by atoms with Crippen LogP contribution in [0.1, 0.15) is 5.69 Å². The predicted octanol–water partition coefficient (Wildman–Crippen LogP) is 4.82. The van der Waals surface area contributed by atoms with Crippen molar-refractivity contribution in [2.24, 2.45) is 0 Å². The zero-order valence-corrected chi connectivity index (χ0v) is 13.9. The van der Waals surface area contributed by atoms with E-state index in [1.807, 2.05) is 31.2 Å². The Labute approximate surface area is 144 Å². The first kappa shape index (κ1) is 16.1. The number of para-hydroxylation sites is 1. The van der Waals surface area contributed by atoms with Gasteiger partial charge in [-0.3, -0.25) is 10.3 Å². The van der Waals surface area contributed by atoms with E-state index in [0.717, 1.165) is 16.6 Å². The smallest absolute Gasteiger partial charge is 0.417 e. The van der Waals surface area contributed by atoms with Crippen molar-refractivity contribution in [2.75, 3.05) is 12.4 Å². The van der Waals surface area contributed by atoms with E-state index >= 15 is 0 Å². The number of benzene rings is 2. The first-order chi connectivity index (χ1) is 11.6. The van der Waals surface area contributed by atoms with E-state index in [0.29, 0.717) is 22.2 Å². The van der Waals surface area contributed by atoms with Crippen molar-refractivity contribution in [3.63, 3.8) is 0 Å². The highest BCUT2D eigenvalue weighted by Gasteiger charge is 2.12. The lowest BCUT2D eigenvalue weighted by molar-refractivity contribution is 0.215. The van der Waals surface area contributed by atoms with Gasteiger partial charge in [0, 0.05) is 28.2 Å². The van der Waals surface area contributed by atoms with E-state index in [1.54, 1.807) is 24.3 Å². The summed E-state index contributed by atoms with van der Waals surface area (Å²) in [6.07, 6.45) is -0.619. The highest BCUT2D eigenvalue weighted by Crippen LogP contribution is 2.29. The molecule has 1 N–H and O–H groups in total. The van der Waals surface area contributed by atoms with E-state index < -0.39 is 6.09 Å². The van der Waals surface area contributed by atoms with Crippen LogP contribution in [0.3, 0.4) is 0 Å². The van der Waals surface area contributed by atoms with Crippen molar-refractivity contribution in [2.45, 2.75) is 6.92 Å². The number of ether oxygens (including phenoxy) is 2. The fourth-order valence-corrected chi connectivity index (χ4v) is 2.52. The molecule has 0 saturated heterocycles. The Bertz CT molecular complexity index is 912. The lowest BCUT2D eigenvalue weighted by Crippen LogP contribution is -2.17. The van der Waals surface area contributed by atoms with Crippen molar-refractivity contribution >= 4 is 34.3 Å². The average molecular weight is 343 g/mol. The van der Waals surface area contributed by atoms with Gasteiger partial charge in [-0.25, -0.2) is 4.79 Å². The van der Waals surface area contributed by atoms with E-state index in [9.17, 15) is 4.79 Å². The van der Waals surface area contributed by atoms with Gasteiger partial charge in [0.25, 0.3) is 0 Å². The average Bonchev–Trinajstić information content (AvgIpc) is 2.56. The van der Waals surface area contributed by atoms with Crippen LogP contribution in [0.15, 0.2) is 48.5 Å². The van der Waals surface area contributed by atoms with E-state index in [4.69, 9.17) is 21.1 Å². The van der Waals surface area contributed by atoms with Gasteiger partial charge in [0.05, 0.1) is 18.3 Å². The maximum absolute atomic E-state index is 12.2. The third-order valence-electron chi connectivity index (χ3n) is 3.41. The maximum Gasteiger partial charge on any atom is 0.417 e. The normalized spacial score (nSPS) is 10.5. The minimum absolute atomic E-state index is 0.448. The molecule has 3 aromatic rings. The molecule has 0 radical (unpaired) electrons. The number of carbonyl (C=O) groups excluding carboxylic acids is 1. The number of hydrogen-bond acceptors (Lipinski definition) is 4. The number of nitrogens with zero attached hydrogens (tertiary/aromatic N) is 1. The first-order valence-corrected chi connectivity index (χ1v) is 7.63. The van der Waals surface area contributed by atoms with Crippen LogP contribution in [0.25, 0.3) is 10.9 Å². The number of amides is 1. The number of pyridine rings is 1. The van der Waals surface area contributed by atoms with E-state index in [1.165, 1.54) is 7.11 Å². The molecule has 0 atom stereocenters. The second-order valence-electron chi connectivity index (χ2n) is 5.14. The molecule has 3 rings (SSSR count). The van der Waals surface area contributed by atoms with Crippen molar-refractivity contribution in [3.8, 4) is 11.5 Å². The molecule has 5 nitrogen and oxygen atoms in total. The fourth-order valence-electron chi connectivity index (χ4n) is 2.36. The summed E-state index contributed by atoms with van der Waals surface area (Å²) in [4.78, 5) is 16.7. The largest absolute Gasteiger partial charge is 0.495 e. The van der Waals surface area contributed by atoms with Crippen LogP contribution in [-0.2, 0) is 0 Å². The summed E-state index contributed by atoms with van der Waals surface area (Å²) in [5, 5.41) is 3.94. The highest BCUT2D eigenvalue weighted by atomic mass is 35.5. The monoisotopic (exact) mass is 342 g/mol. The van der Waals surface area contributed by atoms with E-state index in [2.05, 4.69) is 10.3 Å². The Morgan fingerprint density at radius 1 is 1.12 bits per heavy atom. The number of anilines is 1. The zero-order valence-electron chi connectivity index (χ0n) is 13.2. The van der Waals surface area contributed by atoms with Crippen LogP contribution < -0.4 is 14.8 Å². The SMILES string of the molecule is COc1cc(Cl)ccc1NC(=O)Oc1cc(C)nc2ccccc12. The summed E-state index contributed by atoms with van der Waals surface area (Å²) in [5.41, 5.74) is 2.01. The fraction of sp³-hybridized carbons (Fsp3) is 0.111. The zero-order chi connectivity index (χ0) is 17.1. The van der Waals surface area contributed by atoms with Crippen LogP contribution in [0.2, 0.25) is 5.02 Å². The summed E-state index contributed by atoms with van der Waals surface area (Å²) in [5.74, 6) is 0.902. The summed E-state index contributed by atoms with van der Waals surface area (Å²) in [6, 6.07) is 14.1. The van der Waals surface area contributed by atoms with Crippen molar-refractivity contribution < 1.29 is 14.3 Å². The number of methoxy groups -OCH3 is 1. The Balaban J connectivity index is 1.86. The molecule has 1 amide bonds. The number of hydrogen-bond donors (Lipinski definition) is 1. The van der Waals surface area contributed by atoms with Gasteiger partial charge in [-0.2, -0.15) is 0 Å². The minimum atomic E-state index is -0.619. The summed E-state index contributed by atoms with van der Waals surface area (Å²) in [7, 11) is 1.50. The summed E-state index contributed by atoms with van der Waals surface area (Å²) < 4.78 is 10.7. The summed E-state index contributed by atoms with van der Waals surface area (Å²) >= 11 is 5.91. The molecule has 2 aromatic carbocycles. The molecular formula is C18H15ClN2O3. The molecule has 0 aliphatic heterocycles. The molecule has 0 spiro atoms. The van der Waals surface area contributed by atoms with Crippen molar-refractivity contribution in [1.82, 2.24) is 4.98 Å². The first-order valence-electron chi connectivity index (χ1n) is 7.25. The number of rotatable bonds is 3. The topological polar surface area (TPSA) is 60.5 Å². The van der Waals surface area contributed by atoms with Gasteiger partial charge in [0.2, 0.25) is 0 Å². The molecule has 122 valence electrons. The second kappa shape index (κ2) is 6.76. The molecule has 0 aliphatic carbocycles. The molecule has 6 heteroatoms. The highest BCUT2D eigenvalue weighted by molar-refractivity contribution is 6.30. The molecule has 24 heavy (non-hydrogen) atoms. The van der Waals surface area contributed by atoms with E-state index in [-0.39, 0.29) is 0 Å². The Morgan fingerprint density at radius 3 is 2.71 bits per heavy atom. The number of aryl methyl sites for hydroxylation is 1. The van der Waals surface area contributed by atoms with Gasteiger partial charge in [0.15, 0.2) is 0 Å². The van der Waals surface area contributed by atoms with Gasteiger partial charge in [-0.05, 0) is 31.2 Å². The standard InChI is InChI=1S/C18H15ClN2O3/c1-11-9-16(13-5-3-4-6-14(13)20-11)24-18(22)21-15-8-7-12(19)10-17(15)23-2/h3-10H,1-2H3,(H,21,22). The van der Waals surface area contributed by atoms with Crippen LogP contribution in [0.4, 0.5) is 10.5 Å². The molecule has 0 bridgehead atoms. The Hall–Kier alpha value is -2.79. The minimum Gasteiger partial charge on any atom is -0.495 e. The predicted molar refractivity (Wildman–Crippen MR) is 94.1 cm³/mol. The quantitative estimate of drug-likeness (QED) is 0.741. The van der Waals surface area contributed by atoms with Gasteiger partial charge >= 0.3 is 6.09 Å². The van der Waals surface area contributed by atoms with Gasteiger partial charge < -0.3 is 9.47 Å². The van der Waals surface area contributed by atoms with Crippen molar-refractivity contribution in [3.05, 3.63) is 59.2 Å². The molecule has 0 unspecified atom stereocenters. The van der Waals surface area contributed by atoms with Crippen LogP contribution in [0.5, 0.6) is 11.5 Å². The Kier molecular flexibility index (Phi) is 4.53. The van der Waals surface area contributed by atoms with Crippen LogP contribution >= 0.6 is 11.6 Å². The Morgan fingerprint density at radius 2 is 1.92 bits per heavy atom. The lowest BCUT2D eigenvalue weighted by Gasteiger charge is -2.12. The van der Waals surface area contributed by atoms with Gasteiger partial charge in [-0.1, -0.05) is 23.7 Å². The third kappa shape index (κ3) is 3.41. The molecule has 1 aromatic heterocycles. The lowest BCUT2D eigenvalue weighted by atomic mass is 10.2. The second-order valence-corrected chi connectivity index (χ2v) is 5.57. The van der Waals surface area contributed by atoms with Gasteiger partial charge in [0.1, 0.15) is 11.5 Å². The number of fused-ring (bicyclic) bond motifs is 1. The molecule has 1 heterocycles. The number of nitrogens with one attached hydrogen (secondary N) is 1. The number of halogens is 1.